The van der Waals surface area contributed by atoms with Crippen molar-refractivity contribution in [2.75, 3.05) is 0 Å². The molecule has 2 aromatic heterocycles. The van der Waals surface area contributed by atoms with Crippen molar-refractivity contribution in [3.8, 4) is 5.82 Å². The van der Waals surface area contributed by atoms with Crippen LogP contribution in [0.4, 0.5) is 5.69 Å². The van der Waals surface area contributed by atoms with Gasteiger partial charge in [0.1, 0.15) is 6.20 Å². The van der Waals surface area contributed by atoms with Gasteiger partial charge in [-0.1, -0.05) is 11.6 Å². The normalized spacial score (nSPS) is 10.2. The molecule has 7 nitrogen and oxygen atoms in total. The van der Waals surface area contributed by atoms with E-state index in [2.05, 4.69) is 15.2 Å². The summed E-state index contributed by atoms with van der Waals surface area (Å²) in [5.74, 6) is 0.257. The molecule has 0 unspecified atom stereocenters. The van der Waals surface area contributed by atoms with Gasteiger partial charge in [-0.15, -0.1) is 4.80 Å². The molecule has 0 aliphatic rings. The first kappa shape index (κ1) is 9.53. The van der Waals surface area contributed by atoms with Gasteiger partial charge in [-0.25, -0.2) is 4.98 Å². The molecule has 2 aromatic rings. The molecule has 0 saturated carbocycles. The summed E-state index contributed by atoms with van der Waals surface area (Å²) in [6.45, 7) is 0. The van der Waals surface area contributed by atoms with Gasteiger partial charge in [0, 0.05) is 6.07 Å². The molecule has 2 rings (SSSR count). The molecule has 0 aliphatic heterocycles. The highest BCUT2D eigenvalue weighted by molar-refractivity contribution is 6.32. The lowest BCUT2D eigenvalue weighted by Gasteiger charge is -2.00. The van der Waals surface area contributed by atoms with Crippen LogP contribution in [-0.4, -0.2) is 24.9 Å². The van der Waals surface area contributed by atoms with E-state index in [1.807, 2.05) is 0 Å². The smallest absolute Gasteiger partial charge is 0.258 e. The molecule has 0 radical (unpaired) electrons. The molecule has 0 atom stereocenters. The molecule has 0 aromatic carbocycles. The predicted molar refractivity (Wildman–Crippen MR) is 50.8 cm³/mol. The van der Waals surface area contributed by atoms with Gasteiger partial charge < -0.3 is 0 Å². The largest absolute Gasteiger partial charge is 0.289 e. The molecule has 8 heteroatoms. The lowest BCUT2D eigenvalue weighted by atomic mass is 10.4. The highest BCUT2D eigenvalue weighted by atomic mass is 35.5. The van der Waals surface area contributed by atoms with Crippen molar-refractivity contribution in [1.29, 1.82) is 0 Å². The van der Waals surface area contributed by atoms with Crippen molar-refractivity contribution in [1.82, 2.24) is 20.0 Å². The Balaban J connectivity index is 2.48. The topological polar surface area (TPSA) is 86.7 Å². The van der Waals surface area contributed by atoms with E-state index in [0.29, 0.717) is 0 Å². The Hall–Kier alpha value is -2.02. The van der Waals surface area contributed by atoms with Gasteiger partial charge in [-0.05, 0) is 0 Å². The Bertz CT molecular complexity index is 498. The lowest BCUT2D eigenvalue weighted by molar-refractivity contribution is -0.385. The van der Waals surface area contributed by atoms with Crippen LogP contribution in [0.5, 0.6) is 0 Å². The summed E-state index contributed by atoms with van der Waals surface area (Å²) in [5.41, 5.74) is -0.170. The standard InChI is InChI=1S/C7H4ClN5O2/c8-6-3-5(13(14)15)4-9-7(6)12-10-1-2-11-12/h1-4H. The van der Waals surface area contributed by atoms with E-state index in [0.717, 1.165) is 6.20 Å². The SMILES string of the molecule is O=[N+]([O-])c1cnc(-n2nccn2)c(Cl)c1. The fourth-order valence-electron chi connectivity index (χ4n) is 0.993. The summed E-state index contributed by atoms with van der Waals surface area (Å²) >= 11 is 5.80. The minimum absolute atomic E-state index is 0.125. The molecule has 0 spiro atoms. The van der Waals surface area contributed by atoms with Gasteiger partial charge in [-0.2, -0.15) is 10.2 Å². The van der Waals surface area contributed by atoms with E-state index in [9.17, 15) is 10.1 Å². The minimum atomic E-state index is -0.570. The fraction of sp³-hybridized carbons (Fsp3) is 0. The quantitative estimate of drug-likeness (QED) is 0.567. The first-order valence-electron chi connectivity index (χ1n) is 3.85. The summed E-state index contributed by atoms with van der Waals surface area (Å²) in [5, 5.41) is 18.2. The second kappa shape index (κ2) is 3.62. The predicted octanol–water partition coefficient (Wildman–Crippen LogP) is 1.22. The number of aromatic nitrogens is 4. The Labute approximate surface area is 88.5 Å². The molecule has 0 saturated heterocycles. The number of nitro groups is 1. The zero-order chi connectivity index (χ0) is 10.8. The Morgan fingerprint density at radius 1 is 1.40 bits per heavy atom. The van der Waals surface area contributed by atoms with Crippen molar-refractivity contribution in [3.05, 3.63) is 39.8 Å². The average Bonchev–Trinajstić information content (AvgIpc) is 2.70. The van der Waals surface area contributed by atoms with E-state index in [1.165, 1.54) is 23.3 Å². The van der Waals surface area contributed by atoms with Gasteiger partial charge >= 0.3 is 0 Å². The van der Waals surface area contributed by atoms with E-state index in [-0.39, 0.29) is 16.5 Å². The Kier molecular flexibility index (Phi) is 2.30. The third-order valence-corrected chi connectivity index (χ3v) is 1.90. The maximum atomic E-state index is 10.4. The average molecular weight is 226 g/mol. The summed E-state index contributed by atoms with van der Waals surface area (Å²) in [7, 11) is 0. The van der Waals surface area contributed by atoms with Crippen LogP contribution in [0.1, 0.15) is 0 Å². The number of rotatable bonds is 2. The zero-order valence-electron chi connectivity index (χ0n) is 7.24. The number of halogens is 1. The van der Waals surface area contributed by atoms with Gasteiger partial charge in [0.2, 0.25) is 0 Å². The number of hydrogen-bond donors (Lipinski definition) is 0. The lowest BCUT2D eigenvalue weighted by Crippen LogP contribution is -2.03. The first-order valence-corrected chi connectivity index (χ1v) is 4.23. The summed E-state index contributed by atoms with van der Waals surface area (Å²) < 4.78 is 0. The van der Waals surface area contributed by atoms with E-state index >= 15 is 0 Å². The summed E-state index contributed by atoms with van der Waals surface area (Å²) in [6, 6.07) is 1.20. The van der Waals surface area contributed by atoms with Crippen LogP contribution in [0.15, 0.2) is 24.7 Å². The van der Waals surface area contributed by atoms with Gasteiger partial charge in [0.15, 0.2) is 5.82 Å². The Morgan fingerprint density at radius 3 is 2.60 bits per heavy atom. The second-order valence-corrected chi connectivity index (χ2v) is 2.98. The van der Waals surface area contributed by atoms with Crippen molar-refractivity contribution >= 4 is 17.3 Å². The van der Waals surface area contributed by atoms with E-state index < -0.39 is 4.92 Å². The number of pyridine rings is 1. The molecule has 15 heavy (non-hydrogen) atoms. The van der Waals surface area contributed by atoms with Crippen LogP contribution in [0, 0.1) is 10.1 Å². The van der Waals surface area contributed by atoms with Crippen molar-refractivity contribution in [2.45, 2.75) is 0 Å². The molecule has 2 heterocycles. The highest BCUT2D eigenvalue weighted by Crippen LogP contribution is 2.21. The van der Waals surface area contributed by atoms with Crippen LogP contribution in [0.25, 0.3) is 5.82 Å². The molecule has 0 fully saturated rings. The number of nitrogens with zero attached hydrogens (tertiary/aromatic N) is 5. The maximum Gasteiger partial charge on any atom is 0.289 e. The molecule has 0 N–H and O–H groups in total. The van der Waals surface area contributed by atoms with Gasteiger partial charge in [0.25, 0.3) is 5.69 Å². The van der Waals surface area contributed by atoms with Crippen LogP contribution < -0.4 is 0 Å². The highest BCUT2D eigenvalue weighted by Gasteiger charge is 2.12. The minimum Gasteiger partial charge on any atom is -0.258 e. The molecular weight excluding hydrogens is 222 g/mol. The molecular formula is C7H4ClN5O2. The zero-order valence-corrected chi connectivity index (χ0v) is 8.00. The van der Waals surface area contributed by atoms with Crippen molar-refractivity contribution in [3.63, 3.8) is 0 Å². The third-order valence-electron chi connectivity index (χ3n) is 1.63. The van der Waals surface area contributed by atoms with E-state index in [1.54, 1.807) is 0 Å². The van der Waals surface area contributed by atoms with E-state index in [4.69, 9.17) is 11.6 Å². The first-order chi connectivity index (χ1) is 7.18. The van der Waals surface area contributed by atoms with Crippen LogP contribution >= 0.6 is 11.6 Å². The molecule has 0 amide bonds. The molecule has 0 aliphatic carbocycles. The molecule has 76 valence electrons. The second-order valence-electron chi connectivity index (χ2n) is 2.57. The maximum absolute atomic E-state index is 10.4. The third kappa shape index (κ3) is 1.77. The summed E-state index contributed by atoms with van der Waals surface area (Å²) in [4.78, 5) is 14.8. The Morgan fingerprint density at radius 2 is 2.07 bits per heavy atom. The van der Waals surface area contributed by atoms with Crippen molar-refractivity contribution in [2.24, 2.45) is 0 Å². The summed E-state index contributed by atoms with van der Waals surface area (Å²) in [6.07, 6.45) is 4.02. The van der Waals surface area contributed by atoms with Gasteiger partial charge in [-0.3, -0.25) is 10.1 Å². The number of hydrogen-bond acceptors (Lipinski definition) is 5. The van der Waals surface area contributed by atoms with Crippen LogP contribution in [0.3, 0.4) is 0 Å². The van der Waals surface area contributed by atoms with Crippen LogP contribution in [0.2, 0.25) is 5.02 Å². The van der Waals surface area contributed by atoms with Crippen LogP contribution in [-0.2, 0) is 0 Å². The monoisotopic (exact) mass is 225 g/mol. The molecule has 0 bridgehead atoms. The van der Waals surface area contributed by atoms with Gasteiger partial charge in [0.05, 0.1) is 22.3 Å². The van der Waals surface area contributed by atoms with Crippen molar-refractivity contribution < 1.29 is 4.92 Å². The fourth-order valence-corrected chi connectivity index (χ4v) is 1.23.